The van der Waals surface area contributed by atoms with Crippen molar-refractivity contribution in [3.05, 3.63) is 47.5 Å². The molecule has 2 rings (SSSR count). The third kappa shape index (κ3) is 2.84. The molecule has 0 saturated carbocycles. The Hall–Kier alpha value is -1.81. The number of hydrogen-bond acceptors (Lipinski definition) is 1. The Kier molecular flexibility index (Phi) is 3.56. The fourth-order valence-electron chi connectivity index (χ4n) is 1.75. The van der Waals surface area contributed by atoms with Crippen LogP contribution in [0.3, 0.4) is 0 Å². The summed E-state index contributed by atoms with van der Waals surface area (Å²) in [5.74, 6) is 5.60. The van der Waals surface area contributed by atoms with Gasteiger partial charge in [0.25, 0.3) is 0 Å². The zero-order valence-corrected chi connectivity index (χ0v) is 9.20. The lowest BCUT2D eigenvalue weighted by molar-refractivity contribution is 0.105. The largest absolute Gasteiger partial charge is 0.279 e. The van der Waals surface area contributed by atoms with Crippen molar-refractivity contribution < 1.29 is 4.79 Å². The SMILES string of the molecule is O=C(C#CC1=CCCCC1)c1ccccc1. The van der Waals surface area contributed by atoms with Crippen LogP contribution in [0.2, 0.25) is 0 Å². The minimum Gasteiger partial charge on any atom is -0.279 e. The van der Waals surface area contributed by atoms with Crippen LogP contribution in [-0.4, -0.2) is 5.78 Å². The van der Waals surface area contributed by atoms with Crippen LogP contribution in [0.25, 0.3) is 0 Å². The maximum absolute atomic E-state index is 11.7. The molecular weight excluding hydrogens is 196 g/mol. The van der Waals surface area contributed by atoms with E-state index in [1.165, 1.54) is 12.8 Å². The highest BCUT2D eigenvalue weighted by Crippen LogP contribution is 2.16. The summed E-state index contributed by atoms with van der Waals surface area (Å²) >= 11 is 0. The molecule has 1 aliphatic rings. The number of Topliss-reactive ketones (excluding diaryl/α,β-unsaturated/α-hetero) is 1. The fraction of sp³-hybridized carbons (Fsp3) is 0.267. The van der Waals surface area contributed by atoms with Gasteiger partial charge in [0.15, 0.2) is 0 Å². The van der Waals surface area contributed by atoms with E-state index in [-0.39, 0.29) is 5.78 Å². The lowest BCUT2D eigenvalue weighted by Crippen LogP contribution is -1.95. The van der Waals surface area contributed by atoms with Crippen LogP contribution in [0, 0.1) is 11.8 Å². The van der Waals surface area contributed by atoms with Crippen LogP contribution in [0.1, 0.15) is 36.0 Å². The second kappa shape index (κ2) is 5.32. The molecule has 0 fully saturated rings. The number of rotatable bonds is 1. The van der Waals surface area contributed by atoms with Crippen LogP contribution in [0.4, 0.5) is 0 Å². The van der Waals surface area contributed by atoms with Crippen molar-refractivity contribution in [3.8, 4) is 11.8 Å². The highest BCUT2D eigenvalue weighted by atomic mass is 16.1. The second-order valence-electron chi connectivity index (χ2n) is 3.92. The molecule has 0 radical (unpaired) electrons. The fourth-order valence-corrected chi connectivity index (χ4v) is 1.75. The van der Waals surface area contributed by atoms with E-state index >= 15 is 0 Å². The number of carbonyl (C=O) groups excluding carboxylic acids is 1. The number of benzene rings is 1. The van der Waals surface area contributed by atoms with Gasteiger partial charge < -0.3 is 0 Å². The molecule has 0 atom stereocenters. The van der Waals surface area contributed by atoms with Gasteiger partial charge >= 0.3 is 0 Å². The van der Waals surface area contributed by atoms with Crippen LogP contribution in [0.5, 0.6) is 0 Å². The Morgan fingerprint density at radius 3 is 2.62 bits per heavy atom. The normalized spacial score (nSPS) is 14.6. The minimum atomic E-state index is -0.0907. The Labute approximate surface area is 96.2 Å². The molecule has 0 amide bonds. The predicted octanol–water partition coefficient (Wildman–Crippen LogP) is 3.37. The first-order valence-corrected chi connectivity index (χ1v) is 5.67. The van der Waals surface area contributed by atoms with Crippen LogP contribution >= 0.6 is 0 Å². The third-order valence-electron chi connectivity index (χ3n) is 2.66. The summed E-state index contributed by atoms with van der Waals surface area (Å²) in [5.41, 5.74) is 1.79. The van der Waals surface area contributed by atoms with Crippen molar-refractivity contribution in [2.45, 2.75) is 25.7 Å². The van der Waals surface area contributed by atoms with Gasteiger partial charge in [-0.15, -0.1) is 0 Å². The molecular formula is C15H14O. The number of hydrogen-bond donors (Lipinski definition) is 0. The monoisotopic (exact) mass is 210 g/mol. The molecule has 0 spiro atoms. The minimum absolute atomic E-state index is 0.0907. The van der Waals surface area contributed by atoms with Crippen molar-refractivity contribution in [3.63, 3.8) is 0 Å². The van der Waals surface area contributed by atoms with Crippen molar-refractivity contribution in [1.82, 2.24) is 0 Å². The predicted molar refractivity (Wildman–Crippen MR) is 65.1 cm³/mol. The van der Waals surface area contributed by atoms with Gasteiger partial charge in [-0.2, -0.15) is 0 Å². The smallest absolute Gasteiger partial charge is 0.236 e. The van der Waals surface area contributed by atoms with Gasteiger partial charge in [0.1, 0.15) is 0 Å². The molecule has 1 aromatic carbocycles. The zero-order valence-electron chi connectivity index (χ0n) is 9.20. The van der Waals surface area contributed by atoms with Crippen molar-refractivity contribution in [1.29, 1.82) is 0 Å². The molecule has 16 heavy (non-hydrogen) atoms. The molecule has 0 saturated heterocycles. The number of ketones is 1. The molecule has 80 valence electrons. The molecule has 0 N–H and O–H groups in total. The molecule has 1 nitrogen and oxygen atoms in total. The summed E-state index contributed by atoms with van der Waals surface area (Å²) in [5, 5.41) is 0. The number of allylic oxidation sites excluding steroid dienone is 2. The van der Waals surface area contributed by atoms with Crippen LogP contribution in [-0.2, 0) is 0 Å². The number of carbonyl (C=O) groups is 1. The van der Waals surface area contributed by atoms with E-state index in [9.17, 15) is 4.79 Å². The standard InChI is InChI=1S/C15H14O/c16-15(14-9-5-2-6-10-14)12-11-13-7-3-1-4-8-13/h2,5-7,9-10H,1,3-4,8H2. The average molecular weight is 210 g/mol. The lowest BCUT2D eigenvalue weighted by atomic mass is 10.00. The Balaban J connectivity index is 2.08. The van der Waals surface area contributed by atoms with E-state index in [1.807, 2.05) is 18.2 Å². The summed E-state index contributed by atoms with van der Waals surface area (Å²) in [6, 6.07) is 9.20. The van der Waals surface area contributed by atoms with Gasteiger partial charge in [0, 0.05) is 5.56 Å². The summed E-state index contributed by atoms with van der Waals surface area (Å²) in [6.07, 6.45) is 6.71. The average Bonchev–Trinajstić information content (AvgIpc) is 2.38. The topological polar surface area (TPSA) is 17.1 Å². The highest BCUT2D eigenvalue weighted by molar-refractivity contribution is 6.09. The maximum atomic E-state index is 11.7. The van der Waals surface area contributed by atoms with Crippen LogP contribution < -0.4 is 0 Å². The Morgan fingerprint density at radius 2 is 1.94 bits per heavy atom. The van der Waals surface area contributed by atoms with Gasteiger partial charge in [-0.05, 0) is 37.2 Å². The third-order valence-corrected chi connectivity index (χ3v) is 2.66. The first-order chi connectivity index (χ1) is 7.86. The molecule has 0 heterocycles. The molecule has 0 aromatic heterocycles. The second-order valence-corrected chi connectivity index (χ2v) is 3.92. The first kappa shape index (κ1) is 10.7. The van der Waals surface area contributed by atoms with Crippen molar-refractivity contribution in [2.24, 2.45) is 0 Å². The van der Waals surface area contributed by atoms with E-state index < -0.39 is 0 Å². The zero-order chi connectivity index (χ0) is 11.2. The molecule has 0 aliphatic heterocycles. The summed E-state index contributed by atoms with van der Waals surface area (Å²) in [6.45, 7) is 0. The van der Waals surface area contributed by atoms with E-state index in [2.05, 4.69) is 17.9 Å². The van der Waals surface area contributed by atoms with E-state index in [4.69, 9.17) is 0 Å². The molecule has 1 aliphatic carbocycles. The van der Waals surface area contributed by atoms with Crippen LogP contribution in [0.15, 0.2) is 42.0 Å². The van der Waals surface area contributed by atoms with Crippen molar-refractivity contribution >= 4 is 5.78 Å². The summed E-state index contributed by atoms with van der Waals surface area (Å²) < 4.78 is 0. The Morgan fingerprint density at radius 1 is 1.12 bits per heavy atom. The van der Waals surface area contributed by atoms with Crippen molar-refractivity contribution in [2.75, 3.05) is 0 Å². The molecule has 0 bridgehead atoms. The van der Waals surface area contributed by atoms with Gasteiger partial charge in [-0.25, -0.2) is 0 Å². The quantitative estimate of drug-likeness (QED) is 0.394. The molecule has 1 heteroatoms. The summed E-state index contributed by atoms with van der Waals surface area (Å²) in [4.78, 5) is 11.7. The van der Waals surface area contributed by atoms with Gasteiger partial charge in [-0.1, -0.05) is 42.3 Å². The van der Waals surface area contributed by atoms with E-state index in [0.717, 1.165) is 18.4 Å². The Bertz CT molecular complexity index is 457. The molecule has 0 unspecified atom stereocenters. The summed E-state index contributed by atoms with van der Waals surface area (Å²) in [7, 11) is 0. The van der Waals surface area contributed by atoms with Gasteiger partial charge in [0.2, 0.25) is 5.78 Å². The van der Waals surface area contributed by atoms with E-state index in [0.29, 0.717) is 5.56 Å². The van der Waals surface area contributed by atoms with Gasteiger partial charge in [-0.3, -0.25) is 4.79 Å². The van der Waals surface area contributed by atoms with Gasteiger partial charge in [0.05, 0.1) is 0 Å². The first-order valence-electron chi connectivity index (χ1n) is 5.67. The maximum Gasteiger partial charge on any atom is 0.236 e. The highest BCUT2D eigenvalue weighted by Gasteiger charge is 2.02. The molecule has 1 aromatic rings. The lowest BCUT2D eigenvalue weighted by Gasteiger charge is -2.05. The van der Waals surface area contributed by atoms with E-state index in [1.54, 1.807) is 12.1 Å².